The largest absolute Gasteiger partial charge is 0.507 e. The molecule has 0 saturated carbocycles. The lowest BCUT2D eigenvalue weighted by atomic mass is 9.93. The van der Waals surface area contributed by atoms with Crippen LogP contribution in [0.3, 0.4) is 0 Å². The minimum absolute atomic E-state index is 0.00844. The Morgan fingerprint density at radius 3 is 2.13 bits per heavy atom. The van der Waals surface area contributed by atoms with Crippen molar-refractivity contribution in [2.24, 2.45) is 0 Å². The van der Waals surface area contributed by atoms with E-state index in [0.29, 0.717) is 16.8 Å². The maximum atomic E-state index is 13.6. The second kappa shape index (κ2) is 7.84. The van der Waals surface area contributed by atoms with Crippen molar-refractivity contribution in [3.05, 3.63) is 106 Å². The standard InChI is InChI=1S/C26H22FNO3/c1-15-5-12-20(13-6-15)28-23(18-8-10-19(27)11-9-18)22(25(30)26(28)31)24(29)21-14-16(2)4-7-17(21)3/h4-14,23,29H,1-3H3/b24-22+. The van der Waals surface area contributed by atoms with Gasteiger partial charge in [0.1, 0.15) is 11.6 Å². The van der Waals surface area contributed by atoms with Crippen molar-refractivity contribution in [3.8, 4) is 0 Å². The number of rotatable bonds is 3. The summed E-state index contributed by atoms with van der Waals surface area (Å²) in [5.41, 5.74) is 4.25. The quantitative estimate of drug-likeness (QED) is 0.355. The van der Waals surface area contributed by atoms with Crippen LogP contribution in [0.15, 0.2) is 72.3 Å². The van der Waals surface area contributed by atoms with E-state index in [1.807, 2.05) is 45.0 Å². The van der Waals surface area contributed by atoms with Gasteiger partial charge < -0.3 is 5.11 Å². The third-order valence-corrected chi connectivity index (χ3v) is 5.59. The normalized spacial score (nSPS) is 17.9. The van der Waals surface area contributed by atoms with Crippen molar-refractivity contribution in [1.82, 2.24) is 0 Å². The molecule has 0 radical (unpaired) electrons. The van der Waals surface area contributed by atoms with Crippen molar-refractivity contribution in [2.45, 2.75) is 26.8 Å². The molecule has 1 heterocycles. The second-order valence-electron chi connectivity index (χ2n) is 7.87. The molecular formula is C26H22FNO3. The summed E-state index contributed by atoms with van der Waals surface area (Å²) in [5, 5.41) is 11.2. The van der Waals surface area contributed by atoms with Crippen LogP contribution in [0.4, 0.5) is 10.1 Å². The van der Waals surface area contributed by atoms with Gasteiger partial charge in [-0.05, 0) is 62.2 Å². The Bertz CT molecular complexity index is 1210. The van der Waals surface area contributed by atoms with Crippen LogP contribution in [0, 0.1) is 26.6 Å². The molecule has 3 aromatic rings. The number of aliphatic hydroxyl groups is 1. The van der Waals surface area contributed by atoms with E-state index < -0.39 is 23.5 Å². The Kier molecular flexibility index (Phi) is 5.19. The van der Waals surface area contributed by atoms with Crippen LogP contribution in [0.2, 0.25) is 0 Å². The first-order valence-corrected chi connectivity index (χ1v) is 9.98. The molecule has 1 saturated heterocycles. The SMILES string of the molecule is Cc1ccc(N2C(=O)C(=O)/C(=C(/O)c3cc(C)ccc3C)C2c2ccc(F)cc2)cc1. The van der Waals surface area contributed by atoms with Crippen LogP contribution >= 0.6 is 0 Å². The predicted octanol–water partition coefficient (Wildman–Crippen LogP) is 5.38. The first-order chi connectivity index (χ1) is 14.8. The molecule has 4 rings (SSSR count). The summed E-state index contributed by atoms with van der Waals surface area (Å²) in [4.78, 5) is 27.6. The highest BCUT2D eigenvalue weighted by atomic mass is 19.1. The molecular weight excluding hydrogens is 393 g/mol. The van der Waals surface area contributed by atoms with Crippen LogP contribution in [-0.2, 0) is 9.59 Å². The summed E-state index contributed by atoms with van der Waals surface area (Å²) >= 11 is 0. The maximum absolute atomic E-state index is 13.6. The molecule has 1 aliphatic heterocycles. The van der Waals surface area contributed by atoms with Gasteiger partial charge in [0.2, 0.25) is 0 Å². The lowest BCUT2D eigenvalue weighted by Crippen LogP contribution is -2.29. The molecule has 31 heavy (non-hydrogen) atoms. The number of Topliss-reactive ketones (excluding diaryl/α,β-unsaturated/α-hetero) is 1. The Hall–Kier alpha value is -3.73. The van der Waals surface area contributed by atoms with E-state index in [0.717, 1.165) is 16.7 Å². The number of hydrogen-bond acceptors (Lipinski definition) is 3. The molecule has 5 heteroatoms. The molecule has 4 nitrogen and oxygen atoms in total. The Morgan fingerprint density at radius 2 is 1.48 bits per heavy atom. The number of benzene rings is 3. The summed E-state index contributed by atoms with van der Waals surface area (Å²) in [5.74, 6) is -2.16. The summed E-state index contributed by atoms with van der Waals surface area (Å²) in [6.07, 6.45) is 0. The van der Waals surface area contributed by atoms with E-state index in [9.17, 15) is 19.1 Å². The highest BCUT2D eigenvalue weighted by Gasteiger charge is 2.47. The van der Waals surface area contributed by atoms with Crippen molar-refractivity contribution in [2.75, 3.05) is 4.90 Å². The number of aliphatic hydroxyl groups excluding tert-OH is 1. The van der Waals surface area contributed by atoms with E-state index in [-0.39, 0.29) is 11.3 Å². The number of carbonyl (C=O) groups is 2. The molecule has 3 aromatic carbocycles. The van der Waals surface area contributed by atoms with Crippen molar-refractivity contribution >= 4 is 23.1 Å². The number of ketones is 1. The Labute approximate surface area is 180 Å². The zero-order valence-corrected chi connectivity index (χ0v) is 17.5. The monoisotopic (exact) mass is 415 g/mol. The summed E-state index contributed by atoms with van der Waals surface area (Å²) in [6, 6.07) is 17.5. The molecule has 0 spiro atoms. The Morgan fingerprint density at radius 1 is 0.871 bits per heavy atom. The molecule has 156 valence electrons. The summed E-state index contributed by atoms with van der Waals surface area (Å²) in [6.45, 7) is 5.64. The van der Waals surface area contributed by atoms with Crippen LogP contribution in [0.25, 0.3) is 5.76 Å². The van der Waals surface area contributed by atoms with Crippen molar-refractivity contribution in [1.29, 1.82) is 0 Å². The first kappa shape index (κ1) is 20.5. The minimum atomic E-state index is -0.872. The van der Waals surface area contributed by atoms with E-state index in [4.69, 9.17) is 0 Å². The highest BCUT2D eigenvalue weighted by molar-refractivity contribution is 6.51. The number of hydrogen-bond donors (Lipinski definition) is 1. The number of amides is 1. The summed E-state index contributed by atoms with van der Waals surface area (Å²) in [7, 11) is 0. The Balaban J connectivity index is 1.97. The van der Waals surface area contributed by atoms with Gasteiger partial charge in [-0.15, -0.1) is 0 Å². The van der Waals surface area contributed by atoms with E-state index in [1.54, 1.807) is 18.2 Å². The average molecular weight is 415 g/mol. The fourth-order valence-electron chi connectivity index (χ4n) is 3.90. The van der Waals surface area contributed by atoms with Crippen LogP contribution < -0.4 is 4.90 Å². The fourth-order valence-corrected chi connectivity index (χ4v) is 3.90. The summed E-state index contributed by atoms with van der Waals surface area (Å²) < 4.78 is 13.6. The van der Waals surface area contributed by atoms with Crippen LogP contribution in [0.5, 0.6) is 0 Å². The van der Waals surface area contributed by atoms with Gasteiger partial charge in [0.05, 0.1) is 11.6 Å². The second-order valence-corrected chi connectivity index (χ2v) is 7.87. The molecule has 1 amide bonds. The molecule has 1 N–H and O–H groups in total. The van der Waals surface area contributed by atoms with Gasteiger partial charge in [-0.3, -0.25) is 14.5 Å². The lowest BCUT2D eigenvalue weighted by Gasteiger charge is -2.25. The van der Waals surface area contributed by atoms with Gasteiger partial charge in [0.25, 0.3) is 11.7 Å². The maximum Gasteiger partial charge on any atom is 0.300 e. The predicted molar refractivity (Wildman–Crippen MR) is 118 cm³/mol. The van der Waals surface area contributed by atoms with Crippen LogP contribution in [-0.4, -0.2) is 16.8 Å². The zero-order valence-electron chi connectivity index (χ0n) is 17.5. The first-order valence-electron chi connectivity index (χ1n) is 9.98. The van der Waals surface area contributed by atoms with Gasteiger partial charge in [0.15, 0.2) is 0 Å². The number of aryl methyl sites for hydroxylation is 3. The van der Waals surface area contributed by atoms with Gasteiger partial charge >= 0.3 is 0 Å². The number of nitrogens with zero attached hydrogens (tertiary/aromatic N) is 1. The molecule has 0 aromatic heterocycles. The van der Waals surface area contributed by atoms with Gasteiger partial charge in [-0.2, -0.15) is 0 Å². The molecule has 1 unspecified atom stereocenters. The van der Waals surface area contributed by atoms with Crippen molar-refractivity contribution < 1.29 is 19.1 Å². The molecule has 0 bridgehead atoms. The molecule has 0 aliphatic carbocycles. The topological polar surface area (TPSA) is 57.6 Å². The van der Waals surface area contributed by atoms with Gasteiger partial charge in [-0.1, -0.05) is 47.5 Å². The number of halogens is 1. The zero-order chi connectivity index (χ0) is 22.3. The third-order valence-electron chi connectivity index (χ3n) is 5.59. The van der Waals surface area contributed by atoms with Gasteiger partial charge in [0, 0.05) is 11.3 Å². The molecule has 1 fully saturated rings. The molecule has 1 aliphatic rings. The minimum Gasteiger partial charge on any atom is -0.507 e. The van der Waals surface area contributed by atoms with E-state index in [1.165, 1.54) is 29.2 Å². The van der Waals surface area contributed by atoms with E-state index >= 15 is 0 Å². The number of anilines is 1. The number of carbonyl (C=O) groups excluding carboxylic acids is 2. The lowest BCUT2D eigenvalue weighted by molar-refractivity contribution is -0.132. The highest BCUT2D eigenvalue weighted by Crippen LogP contribution is 2.42. The van der Waals surface area contributed by atoms with Crippen molar-refractivity contribution in [3.63, 3.8) is 0 Å². The smallest absolute Gasteiger partial charge is 0.300 e. The van der Waals surface area contributed by atoms with E-state index in [2.05, 4.69) is 0 Å². The molecule has 1 atom stereocenters. The third kappa shape index (κ3) is 3.63. The van der Waals surface area contributed by atoms with Crippen LogP contribution in [0.1, 0.15) is 33.9 Å². The average Bonchev–Trinajstić information content (AvgIpc) is 3.01. The fraction of sp³-hybridized carbons (Fsp3) is 0.154. The van der Waals surface area contributed by atoms with Gasteiger partial charge in [-0.25, -0.2) is 4.39 Å².